The molecule has 108 valence electrons. The number of fused-ring (bicyclic) bond motifs is 1. The van der Waals surface area contributed by atoms with E-state index in [4.69, 9.17) is 10.5 Å². The summed E-state index contributed by atoms with van der Waals surface area (Å²) < 4.78 is 7.52. The van der Waals surface area contributed by atoms with Gasteiger partial charge < -0.3 is 10.5 Å². The third-order valence-electron chi connectivity index (χ3n) is 5.01. The van der Waals surface area contributed by atoms with Gasteiger partial charge in [-0.3, -0.25) is 4.90 Å². The highest BCUT2D eigenvalue weighted by Gasteiger charge is 2.51. The highest BCUT2D eigenvalue weighted by molar-refractivity contribution is 9.10. The molecule has 4 heteroatoms. The molecule has 1 aromatic carbocycles. The Hall–Kier alpha value is -0.580. The first-order chi connectivity index (χ1) is 9.56. The molecule has 0 amide bonds. The highest BCUT2D eigenvalue weighted by atomic mass is 79.9. The van der Waals surface area contributed by atoms with E-state index in [9.17, 15) is 0 Å². The van der Waals surface area contributed by atoms with Crippen LogP contribution in [-0.2, 0) is 0 Å². The van der Waals surface area contributed by atoms with E-state index < -0.39 is 0 Å². The molecule has 0 aromatic heterocycles. The van der Waals surface area contributed by atoms with Crippen molar-refractivity contribution >= 4 is 15.9 Å². The molecule has 1 saturated carbocycles. The lowest BCUT2D eigenvalue weighted by Crippen LogP contribution is -2.45. The summed E-state index contributed by atoms with van der Waals surface area (Å²) in [6.07, 6.45) is 4.75. The van der Waals surface area contributed by atoms with Gasteiger partial charge in [0.05, 0.1) is 0 Å². The second kappa shape index (κ2) is 4.46. The fourth-order valence-electron chi connectivity index (χ4n) is 4.01. The summed E-state index contributed by atoms with van der Waals surface area (Å²) in [6.45, 7) is 3.38. The van der Waals surface area contributed by atoms with Gasteiger partial charge in [-0.25, -0.2) is 0 Å². The van der Waals surface area contributed by atoms with Crippen LogP contribution >= 0.6 is 15.9 Å². The molecule has 3 nitrogen and oxygen atoms in total. The van der Waals surface area contributed by atoms with Crippen molar-refractivity contribution < 1.29 is 4.74 Å². The number of rotatable bonds is 1. The van der Waals surface area contributed by atoms with Gasteiger partial charge in [0.25, 0.3) is 0 Å². The molecule has 2 N–H and O–H groups in total. The lowest BCUT2D eigenvalue weighted by molar-refractivity contribution is 0.0433. The van der Waals surface area contributed by atoms with E-state index in [-0.39, 0.29) is 11.6 Å². The molecule has 2 fully saturated rings. The standard InChI is InChI=1S/C16H21BrN2O/c1-10-7-16(9-19(10)12-3-4-12)8-14(18)13-6-11(17)2-5-15(13)20-16/h2,5-6,10,12,14H,3-4,7-9,18H2,1H3/t10?,14-,16?/m0/s1. The zero-order valence-electron chi connectivity index (χ0n) is 11.8. The van der Waals surface area contributed by atoms with Crippen LogP contribution in [0.5, 0.6) is 5.75 Å². The largest absolute Gasteiger partial charge is 0.485 e. The number of nitrogens with two attached hydrogens (primary N) is 1. The molecule has 0 bridgehead atoms. The zero-order chi connectivity index (χ0) is 13.9. The van der Waals surface area contributed by atoms with Gasteiger partial charge >= 0.3 is 0 Å². The Kier molecular flexibility index (Phi) is 2.92. The minimum atomic E-state index is -0.0672. The fourth-order valence-corrected chi connectivity index (χ4v) is 4.39. The van der Waals surface area contributed by atoms with Crippen LogP contribution in [0, 0.1) is 0 Å². The van der Waals surface area contributed by atoms with Crippen LogP contribution in [0.1, 0.15) is 44.2 Å². The molecule has 4 rings (SSSR count). The van der Waals surface area contributed by atoms with Crippen LogP contribution in [0.3, 0.4) is 0 Å². The van der Waals surface area contributed by atoms with Crippen LogP contribution in [0.25, 0.3) is 0 Å². The van der Waals surface area contributed by atoms with Gasteiger partial charge in [-0.15, -0.1) is 0 Å². The molecule has 3 aliphatic rings. The van der Waals surface area contributed by atoms with Crippen LogP contribution in [0.15, 0.2) is 22.7 Å². The van der Waals surface area contributed by atoms with Crippen molar-refractivity contribution in [1.82, 2.24) is 4.90 Å². The van der Waals surface area contributed by atoms with Gasteiger partial charge in [0.15, 0.2) is 0 Å². The zero-order valence-corrected chi connectivity index (χ0v) is 13.4. The quantitative estimate of drug-likeness (QED) is 0.855. The maximum atomic E-state index is 6.44. The first-order valence-electron chi connectivity index (χ1n) is 7.56. The van der Waals surface area contributed by atoms with E-state index in [1.807, 2.05) is 6.07 Å². The van der Waals surface area contributed by atoms with E-state index in [1.54, 1.807) is 0 Å². The van der Waals surface area contributed by atoms with Crippen LogP contribution in [0.4, 0.5) is 0 Å². The Morgan fingerprint density at radius 1 is 1.35 bits per heavy atom. The van der Waals surface area contributed by atoms with Crippen LogP contribution in [0.2, 0.25) is 0 Å². The predicted molar refractivity (Wildman–Crippen MR) is 82.9 cm³/mol. The third kappa shape index (κ3) is 2.09. The van der Waals surface area contributed by atoms with Crippen molar-refractivity contribution in [2.75, 3.05) is 6.54 Å². The summed E-state index contributed by atoms with van der Waals surface area (Å²) in [6, 6.07) is 7.71. The molecule has 2 unspecified atom stereocenters. The molecule has 1 saturated heterocycles. The van der Waals surface area contributed by atoms with E-state index in [2.05, 4.69) is 39.9 Å². The normalized spacial score (nSPS) is 37.0. The molecule has 2 heterocycles. The number of nitrogens with zero attached hydrogens (tertiary/aromatic N) is 1. The highest BCUT2D eigenvalue weighted by Crippen LogP contribution is 2.47. The van der Waals surface area contributed by atoms with Gasteiger partial charge in [0.1, 0.15) is 11.4 Å². The van der Waals surface area contributed by atoms with E-state index in [0.717, 1.165) is 41.2 Å². The number of hydrogen-bond donors (Lipinski definition) is 1. The minimum Gasteiger partial charge on any atom is -0.485 e. The van der Waals surface area contributed by atoms with Crippen LogP contribution in [-0.4, -0.2) is 29.1 Å². The summed E-state index contributed by atoms with van der Waals surface area (Å²) in [5.74, 6) is 0.983. The SMILES string of the molecule is CC1CC2(C[C@H](N)c3cc(Br)ccc3O2)CN1C1CC1. The Bertz CT molecular complexity index is 545. The smallest absolute Gasteiger partial charge is 0.125 e. The second-order valence-corrected chi connectivity index (χ2v) is 7.65. The van der Waals surface area contributed by atoms with Crippen molar-refractivity contribution in [3.8, 4) is 5.75 Å². The summed E-state index contributed by atoms with van der Waals surface area (Å²) in [5.41, 5.74) is 7.51. The molecule has 0 radical (unpaired) electrons. The lowest BCUT2D eigenvalue weighted by Gasteiger charge is -2.39. The first-order valence-corrected chi connectivity index (χ1v) is 8.35. The maximum absolute atomic E-state index is 6.44. The molecule has 1 aliphatic carbocycles. The third-order valence-corrected chi connectivity index (χ3v) is 5.50. The Balaban J connectivity index is 1.64. The minimum absolute atomic E-state index is 0.0672. The summed E-state index contributed by atoms with van der Waals surface area (Å²) in [5, 5.41) is 0. The fraction of sp³-hybridized carbons (Fsp3) is 0.625. The average Bonchev–Trinajstić information content (AvgIpc) is 3.17. The predicted octanol–water partition coefficient (Wildman–Crippen LogP) is 3.23. The summed E-state index contributed by atoms with van der Waals surface area (Å²) >= 11 is 3.52. The van der Waals surface area contributed by atoms with E-state index in [1.165, 1.54) is 12.8 Å². The van der Waals surface area contributed by atoms with Crippen molar-refractivity contribution in [1.29, 1.82) is 0 Å². The molecule has 1 spiro atoms. The molecule has 2 aliphatic heterocycles. The van der Waals surface area contributed by atoms with Gasteiger partial charge in [-0.2, -0.15) is 0 Å². The number of halogens is 1. The van der Waals surface area contributed by atoms with Crippen molar-refractivity contribution in [3.05, 3.63) is 28.2 Å². The molecule has 20 heavy (non-hydrogen) atoms. The van der Waals surface area contributed by atoms with Crippen LogP contribution < -0.4 is 10.5 Å². The number of benzene rings is 1. The van der Waals surface area contributed by atoms with Gasteiger partial charge in [-0.1, -0.05) is 15.9 Å². The molecule has 1 aromatic rings. The lowest BCUT2D eigenvalue weighted by atomic mass is 9.86. The first kappa shape index (κ1) is 13.1. The number of hydrogen-bond acceptors (Lipinski definition) is 3. The Labute approximate surface area is 128 Å². The summed E-state index contributed by atoms with van der Waals surface area (Å²) in [4.78, 5) is 2.64. The van der Waals surface area contributed by atoms with Crippen molar-refractivity contribution in [3.63, 3.8) is 0 Å². The van der Waals surface area contributed by atoms with E-state index >= 15 is 0 Å². The second-order valence-electron chi connectivity index (χ2n) is 6.73. The topological polar surface area (TPSA) is 38.5 Å². The van der Waals surface area contributed by atoms with Gasteiger partial charge in [-0.05, 0) is 38.0 Å². The summed E-state index contributed by atoms with van der Waals surface area (Å²) in [7, 11) is 0. The Morgan fingerprint density at radius 3 is 2.90 bits per heavy atom. The number of ether oxygens (including phenoxy) is 1. The van der Waals surface area contributed by atoms with E-state index in [0.29, 0.717) is 6.04 Å². The average molecular weight is 337 g/mol. The molecular weight excluding hydrogens is 316 g/mol. The van der Waals surface area contributed by atoms with Gasteiger partial charge in [0, 0.05) is 47.5 Å². The van der Waals surface area contributed by atoms with Crippen molar-refractivity contribution in [2.24, 2.45) is 5.73 Å². The molecule has 3 atom stereocenters. The number of likely N-dealkylation sites (tertiary alicyclic amines) is 1. The van der Waals surface area contributed by atoms with Crippen molar-refractivity contribution in [2.45, 2.75) is 56.3 Å². The Morgan fingerprint density at radius 2 is 2.15 bits per heavy atom. The monoisotopic (exact) mass is 336 g/mol. The molecular formula is C16H21BrN2O. The maximum Gasteiger partial charge on any atom is 0.125 e. The van der Waals surface area contributed by atoms with Gasteiger partial charge in [0.2, 0.25) is 0 Å².